The molecule has 1 aromatic carbocycles. The molecule has 2 N–H and O–H groups in total. The lowest BCUT2D eigenvalue weighted by Gasteiger charge is -2.05. The summed E-state index contributed by atoms with van der Waals surface area (Å²) in [6.07, 6.45) is 2.57. The van der Waals surface area contributed by atoms with Crippen molar-refractivity contribution in [3.8, 4) is 0 Å². The number of carboxylic acids is 1. The van der Waals surface area contributed by atoms with Gasteiger partial charge in [0.2, 0.25) is 0 Å². The Morgan fingerprint density at radius 3 is 2.67 bits per heavy atom. The molecule has 1 amide bonds. The summed E-state index contributed by atoms with van der Waals surface area (Å²) in [7, 11) is 0. The van der Waals surface area contributed by atoms with Crippen molar-refractivity contribution in [2.75, 3.05) is 5.32 Å². The van der Waals surface area contributed by atoms with Crippen LogP contribution in [0.3, 0.4) is 0 Å². The Morgan fingerprint density at radius 1 is 1.33 bits per heavy atom. The van der Waals surface area contributed by atoms with Gasteiger partial charge in [0, 0.05) is 17.0 Å². The Labute approximate surface area is 126 Å². The van der Waals surface area contributed by atoms with Crippen LogP contribution in [0.15, 0.2) is 29.7 Å². The quantitative estimate of drug-likeness (QED) is 0.850. The molecule has 0 spiro atoms. The molecular weight excluding hydrogens is 288 g/mol. The van der Waals surface area contributed by atoms with Crippen molar-refractivity contribution in [2.45, 2.75) is 13.8 Å². The molecule has 6 heteroatoms. The van der Waals surface area contributed by atoms with E-state index in [2.05, 4.69) is 10.3 Å². The fourth-order valence-corrected chi connectivity index (χ4v) is 2.43. The van der Waals surface area contributed by atoms with Crippen LogP contribution in [0, 0.1) is 13.8 Å². The van der Waals surface area contributed by atoms with Gasteiger partial charge >= 0.3 is 5.97 Å². The molecule has 0 aliphatic rings. The molecule has 2 aromatic rings. The zero-order valence-electron chi connectivity index (χ0n) is 11.6. The molecule has 1 aromatic heterocycles. The minimum atomic E-state index is -1.00. The molecule has 0 atom stereocenters. The van der Waals surface area contributed by atoms with Crippen LogP contribution in [0.1, 0.15) is 27.2 Å². The van der Waals surface area contributed by atoms with Gasteiger partial charge in [-0.15, -0.1) is 11.3 Å². The van der Waals surface area contributed by atoms with Gasteiger partial charge in [-0.2, -0.15) is 0 Å². The molecule has 0 saturated heterocycles. The van der Waals surface area contributed by atoms with Crippen molar-refractivity contribution in [1.29, 1.82) is 0 Å². The van der Waals surface area contributed by atoms with Crippen LogP contribution in [0.25, 0.3) is 6.08 Å². The Hall–Kier alpha value is -2.47. The Balaban J connectivity index is 2.15. The van der Waals surface area contributed by atoms with Crippen molar-refractivity contribution in [3.05, 3.63) is 52.0 Å². The maximum atomic E-state index is 12.1. The summed E-state index contributed by atoms with van der Waals surface area (Å²) in [5.41, 5.74) is 2.96. The number of aliphatic carboxylic acids is 1. The number of aromatic nitrogens is 1. The third-order valence-corrected chi connectivity index (χ3v) is 3.65. The second-order valence-corrected chi connectivity index (χ2v) is 5.35. The van der Waals surface area contributed by atoms with E-state index in [1.807, 2.05) is 19.2 Å². The van der Waals surface area contributed by atoms with Gasteiger partial charge in [-0.05, 0) is 43.2 Å². The van der Waals surface area contributed by atoms with Crippen molar-refractivity contribution in [1.82, 2.24) is 4.98 Å². The van der Waals surface area contributed by atoms with Crippen molar-refractivity contribution < 1.29 is 14.7 Å². The van der Waals surface area contributed by atoms with Crippen molar-refractivity contribution >= 4 is 34.4 Å². The normalized spacial score (nSPS) is 10.8. The molecule has 108 valence electrons. The molecular formula is C15H14N2O3S. The summed E-state index contributed by atoms with van der Waals surface area (Å²) in [5.74, 6) is -1.24. The first-order valence-electron chi connectivity index (χ1n) is 6.21. The number of rotatable bonds is 4. The molecule has 0 saturated carbocycles. The molecule has 21 heavy (non-hydrogen) atoms. The van der Waals surface area contributed by atoms with Gasteiger partial charge in [0.25, 0.3) is 5.91 Å². The molecule has 1 heterocycles. The first-order valence-corrected chi connectivity index (χ1v) is 7.09. The zero-order chi connectivity index (χ0) is 15.4. The van der Waals surface area contributed by atoms with E-state index in [1.165, 1.54) is 17.4 Å². The number of amides is 1. The van der Waals surface area contributed by atoms with Gasteiger partial charge in [-0.25, -0.2) is 9.78 Å². The summed E-state index contributed by atoms with van der Waals surface area (Å²) < 4.78 is 0. The van der Waals surface area contributed by atoms with Gasteiger partial charge in [0.15, 0.2) is 5.13 Å². The number of nitrogens with one attached hydrogen (secondary N) is 1. The highest BCUT2D eigenvalue weighted by Crippen LogP contribution is 2.17. The van der Waals surface area contributed by atoms with E-state index >= 15 is 0 Å². The topological polar surface area (TPSA) is 79.3 Å². The lowest BCUT2D eigenvalue weighted by molar-refractivity contribution is -0.131. The first-order chi connectivity index (χ1) is 9.95. The lowest BCUT2D eigenvalue weighted by atomic mass is 10.0. The van der Waals surface area contributed by atoms with E-state index in [9.17, 15) is 9.59 Å². The van der Waals surface area contributed by atoms with Crippen LogP contribution >= 0.6 is 11.3 Å². The minimum absolute atomic E-state index is 0.235. The molecule has 0 aliphatic heterocycles. The van der Waals surface area contributed by atoms with E-state index in [0.717, 1.165) is 22.9 Å². The van der Waals surface area contributed by atoms with Crippen LogP contribution in [-0.4, -0.2) is 22.0 Å². The highest BCUT2D eigenvalue weighted by atomic mass is 32.1. The second kappa shape index (κ2) is 6.32. The van der Waals surface area contributed by atoms with Crippen LogP contribution in [0.5, 0.6) is 0 Å². The number of thiazole rings is 1. The fraction of sp³-hybridized carbons (Fsp3) is 0.133. The Bertz CT molecular complexity index is 719. The lowest BCUT2D eigenvalue weighted by Crippen LogP contribution is -2.12. The number of nitrogens with zero attached hydrogens (tertiary/aromatic N) is 1. The highest BCUT2D eigenvalue weighted by Gasteiger charge is 2.09. The number of carboxylic acid groups (broad SMARTS) is 1. The smallest absolute Gasteiger partial charge is 0.328 e. The van der Waals surface area contributed by atoms with Gasteiger partial charge in [-0.1, -0.05) is 6.07 Å². The summed E-state index contributed by atoms with van der Waals surface area (Å²) in [5, 5.41) is 13.8. The fourth-order valence-electron chi connectivity index (χ4n) is 1.75. The number of hydrogen-bond donors (Lipinski definition) is 2. The molecule has 0 bridgehead atoms. The van der Waals surface area contributed by atoms with E-state index in [1.54, 1.807) is 18.2 Å². The average Bonchev–Trinajstić information content (AvgIpc) is 2.82. The number of anilines is 1. The second-order valence-electron chi connectivity index (χ2n) is 4.49. The number of aryl methyl sites for hydroxylation is 2. The summed E-state index contributed by atoms with van der Waals surface area (Å²) in [6.45, 7) is 3.69. The third-order valence-electron chi connectivity index (χ3n) is 2.78. The largest absolute Gasteiger partial charge is 0.478 e. The molecule has 0 fully saturated rings. The Morgan fingerprint density at radius 2 is 2.10 bits per heavy atom. The summed E-state index contributed by atoms with van der Waals surface area (Å²) >= 11 is 1.37. The van der Waals surface area contributed by atoms with E-state index in [0.29, 0.717) is 10.7 Å². The SMILES string of the molecule is Cc1csc(NC(=O)c2ccc(/C=C/C(=O)O)c(C)c2)n1. The molecule has 0 radical (unpaired) electrons. The standard InChI is InChI=1S/C15H14N2O3S/c1-9-7-12(4-3-11(9)5-6-13(18)19)14(20)17-15-16-10(2)8-21-15/h3-8H,1-2H3,(H,18,19)(H,16,17,20)/b6-5+. The predicted molar refractivity (Wildman–Crippen MR) is 82.7 cm³/mol. The third kappa shape index (κ3) is 4.00. The van der Waals surface area contributed by atoms with Gasteiger partial charge < -0.3 is 5.11 Å². The van der Waals surface area contributed by atoms with Crippen molar-refractivity contribution in [3.63, 3.8) is 0 Å². The number of hydrogen-bond acceptors (Lipinski definition) is 4. The summed E-state index contributed by atoms with van der Waals surface area (Å²) in [4.78, 5) is 26.8. The van der Waals surface area contributed by atoms with E-state index < -0.39 is 5.97 Å². The van der Waals surface area contributed by atoms with Crippen LogP contribution in [0.4, 0.5) is 5.13 Å². The van der Waals surface area contributed by atoms with Gasteiger partial charge in [0.1, 0.15) is 0 Å². The number of benzene rings is 1. The maximum absolute atomic E-state index is 12.1. The van der Waals surface area contributed by atoms with Crippen LogP contribution in [-0.2, 0) is 4.79 Å². The Kier molecular flexibility index (Phi) is 4.49. The van der Waals surface area contributed by atoms with Gasteiger partial charge in [0.05, 0.1) is 5.69 Å². The van der Waals surface area contributed by atoms with Crippen LogP contribution < -0.4 is 5.32 Å². The zero-order valence-corrected chi connectivity index (χ0v) is 12.4. The molecule has 0 unspecified atom stereocenters. The van der Waals surface area contributed by atoms with E-state index in [-0.39, 0.29) is 5.91 Å². The summed E-state index contributed by atoms with van der Waals surface area (Å²) in [6, 6.07) is 5.10. The van der Waals surface area contributed by atoms with Gasteiger partial charge in [-0.3, -0.25) is 10.1 Å². The average molecular weight is 302 g/mol. The maximum Gasteiger partial charge on any atom is 0.328 e. The van der Waals surface area contributed by atoms with Crippen molar-refractivity contribution in [2.24, 2.45) is 0 Å². The van der Waals surface area contributed by atoms with E-state index in [4.69, 9.17) is 5.11 Å². The number of carbonyl (C=O) groups excluding carboxylic acids is 1. The van der Waals surface area contributed by atoms with Crippen LogP contribution in [0.2, 0.25) is 0 Å². The first kappa shape index (κ1) is 14.9. The highest BCUT2D eigenvalue weighted by molar-refractivity contribution is 7.13. The molecule has 5 nitrogen and oxygen atoms in total. The predicted octanol–water partition coefficient (Wildman–Crippen LogP) is 3.11. The minimum Gasteiger partial charge on any atom is -0.478 e. The molecule has 0 aliphatic carbocycles. The molecule has 2 rings (SSSR count). The monoisotopic (exact) mass is 302 g/mol. The number of carbonyl (C=O) groups is 2.